The van der Waals surface area contributed by atoms with Gasteiger partial charge in [0, 0.05) is 24.4 Å². The summed E-state index contributed by atoms with van der Waals surface area (Å²) in [5, 5.41) is 0. The van der Waals surface area contributed by atoms with E-state index in [1.165, 1.54) is 29.7 Å². The van der Waals surface area contributed by atoms with Crippen LogP contribution in [-0.2, 0) is 13.0 Å². The summed E-state index contributed by atoms with van der Waals surface area (Å²) in [6.45, 7) is 1.64. The number of imidazole rings is 1. The number of nitrogens with zero attached hydrogens (tertiary/aromatic N) is 2. The zero-order chi connectivity index (χ0) is 12.4. The lowest BCUT2D eigenvalue weighted by Gasteiger charge is -2.08. The second kappa shape index (κ2) is 4.94. The van der Waals surface area contributed by atoms with Crippen molar-refractivity contribution in [2.24, 2.45) is 5.73 Å². The Morgan fingerprint density at radius 3 is 2.56 bits per heavy atom. The molecular weight excluding hydrogens is 222 g/mol. The van der Waals surface area contributed by atoms with Gasteiger partial charge in [0.15, 0.2) is 0 Å². The fraction of sp³-hybridized carbons (Fsp3) is 0.400. The van der Waals surface area contributed by atoms with E-state index in [1.54, 1.807) is 0 Å². The van der Waals surface area contributed by atoms with Gasteiger partial charge in [-0.3, -0.25) is 0 Å². The second-order valence-electron chi connectivity index (χ2n) is 5.08. The van der Waals surface area contributed by atoms with Crippen LogP contribution in [0.1, 0.15) is 35.6 Å². The number of aromatic nitrogens is 2. The van der Waals surface area contributed by atoms with E-state index in [2.05, 4.69) is 33.8 Å². The molecule has 0 unspecified atom stereocenters. The van der Waals surface area contributed by atoms with Crippen LogP contribution in [0.4, 0.5) is 0 Å². The van der Waals surface area contributed by atoms with E-state index >= 15 is 0 Å². The molecule has 0 amide bonds. The van der Waals surface area contributed by atoms with Gasteiger partial charge in [0.05, 0.1) is 6.33 Å². The van der Waals surface area contributed by atoms with Crippen LogP contribution in [-0.4, -0.2) is 16.1 Å². The van der Waals surface area contributed by atoms with Crippen LogP contribution in [0.3, 0.4) is 0 Å². The molecule has 0 aliphatic heterocycles. The summed E-state index contributed by atoms with van der Waals surface area (Å²) in [5.41, 5.74) is 9.59. The van der Waals surface area contributed by atoms with Crippen LogP contribution < -0.4 is 5.73 Å². The summed E-state index contributed by atoms with van der Waals surface area (Å²) in [4.78, 5) is 4.27. The van der Waals surface area contributed by atoms with Gasteiger partial charge in [-0.15, -0.1) is 0 Å². The van der Waals surface area contributed by atoms with Crippen molar-refractivity contribution in [1.82, 2.24) is 9.55 Å². The molecule has 3 nitrogen and oxygen atoms in total. The molecule has 1 aromatic heterocycles. The van der Waals surface area contributed by atoms with Crippen molar-refractivity contribution in [3.05, 3.63) is 53.6 Å². The molecule has 3 rings (SSSR count). The summed E-state index contributed by atoms with van der Waals surface area (Å²) in [6.07, 6.45) is 7.56. The highest BCUT2D eigenvalue weighted by Crippen LogP contribution is 2.39. The van der Waals surface area contributed by atoms with Crippen molar-refractivity contribution in [3.8, 4) is 0 Å². The lowest BCUT2D eigenvalue weighted by Crippen LogP contribution is -2.04. The van der Waals surface area contributed by atoms with E-state index in [0.29, 0.717) is 6.54 Å². The van der Waals surface area contributed by atoms with Gasteiger partial charge in [-0.2, -0.15) is 0 Å². The van der Waals surface area contributed by atoms with Crippen molar-refractivity contribution in [2.45, 2.75) is 31.7 Å². The maximum atomic E-state index is 5.56. The fourth-order valence-corrected chi connectivity index (χ4v) is 2.36. The zero-order valence-electron chi connectivity index (χ0n) is 10.5. The van der Waals surface area contributed by atoms with Crippen LogP contribution >= 0.6 is 0 Å². The Balaban J connectivity index is 1.73. The lowest BCUT2D eigenvalue weighted by atomic mass is 10.1. The molecule has 1 fully saturated rings. The van der Waals surface area contributed by atoms with Crippen LogP contribution in [0.5, 0.6) is 0 Å². The molecule has 1 aliphatic rings. The van der Waals surface area contributed by atoms with Gasteiger partial charge in [0.2, 0.25) is 0 Å². The molecule has 1 aliphatic carbocycles. The number of benzene rings is 1. The summed E-state index contributed by atoms with van der Waals surface area (Å²) < 4.78 is 2.27. The molecule has 94 valence electrons. The fourth-order valence-electron chi connectivity index (χ4n) is 2.36. The Morgan fingerprint density at radius 1 is 1.17 bits per heavy atom. The van der Waals surface area contributed by atoms with E-state index < -0.39 is 0 Å². The van der Waals surface area contributed by atoms with Gasteiger partial charge in [0.1, 0.15) is 0 Å². The Morgan fingerprint density at radius 2 is 1.89 bits per heavy atom. The van der Waals surface area contributed by atoms with Gasteiger partial charge in [-0.25, -0.2) is 4.98 Å². The van der Waals surface area contributed by atoms with E-state index in [9.17, 15) is 0 Å². The first-order valence-corrected chi connectivity index (χ1v) is 6.65. The van der Waals surface area contributed by atoms with Crippen molar-refractivity contribution in [2.75, 3.05) is 6.54 Å². The zero-order valence-corrected chi connectivity index (χ0v) is 10.5. The minimum atomic E-state index is 0.715. The van der Waals surface area contributed by atoms with Crippen molar-refractivity contribution >= 4 is 0 Å². The number of hydrogen-bond acceptors (Lipinski definition) is 2. The van der Waals surface area contributed by atoms with Crippen LogP contribution in [0.25, 0.3) is 0 Å². The first-order valence-electron chi connectivity index (χ1n) is 6.65. The standard InChI is InChI=1S/C15H19N3/c16-8-7-12-1-3-13(4-2-12)10-18-11-17-9-15(18)14-5-6-14/h1-4,9,11,14H,5-8,10,16H2. The normalized spacial score (nSPS) is 14.9. The second-order valence-corrected chi connectivity index (χ2v) is 5.08. The minimum absolute atomic E-state index is 0.715. The molecule has 1 aromatic carbocycles. The maximum Gasteiger partial charge on any atom is 0.0951 e. The molecule has 2 N–H and O–H groups in total. The molecule has 0 bridgehead atoms. The summed E-state index contributed by atoms with van der Waals surface area (Å²) in [7, 11) is 0. The highest BCUT2D eigenvalue weighted by atomic mass is 15.0. The third-order valence-corrected chi connectivity index (χ3v) is 3.55. The molecule has 3 heteroatoms. The quantitative estimate of drug-likeness (QED) is 0.873. The highest BCUT2D eigenvalue weighted by Gasteiger charge is 2.26. The average Bonchev–Trinajstić information content (AvgIpc) is 3.13. The molecule has 0 spiro atoms. The molecule has 0 radical (unpaired) electrons. The number of hydrogen-bond donors (Lipinski definition) is 1. The average molecular weight is 241 g/mol. The molecule has 18 heavy (non-hydrogen) atoms. The smallest absolute Gasteiger partial charge is 0.0951 e. The van der Waals surface area contributed by atoms with E-state index in [4.69, 9.17) is 5.73 Å². The first kappa shape index (κ1) is 11.5. The summed E-state index contributed by atoms with van der Waals surface area (Å²) in [5.74, 6) is 0.754. The van der Waals surface area contributed by atoms with Gasteiger partial charge >= 0.3 is 0 Å². The van der Waals surface area contributed by atoms with Gasteiger partial charge in [0.25, 0.3) is 0 Å². The van der Waals surface area contributed by atoms with Crippen molar-refractivity contribution < 1.29 is 0 Å². The molecule has 0 saturated heterocycles. The van der Waals surface area contributed by atoms with Gasteiger partial charge in [-0.05, 0) is 36.9 Å². The largest absolute Gasteiger partial charge is 0.330 e. The van der Waals surface area contributed by atoms with Crippen LogP contribution in [0.2, 0.25) is 0 Å². The van der Waals surface area contributed by atoms with Gasteiger partial charge in [-0.1, -0.05) is 24.3 Å². The molecule has 1 saturated carbocycles. The molecule has 1 heterocycles. The predicted molar refractivity (Wildman–Crippen MR) is 72.5 cm³/mol. The number of nitrogens with two attached hydrogens (primary N) is 1. The van der Waals surface area contributed by atoms with E-state index in [1.807, 2.05) is 12.5 Å². The Labute approximate surface area is 108 Å². The predicted octanol–water partition coefficient (Wildman–Crippen LogP) is 2.31. The maximum absolute atomic E-state index is 5.56. The Bertz CT molecular complexity index is 509. The molecule has 0 atom stereocenters. The molecule has 2 aromatic rings. The Hall–Kier alpha value is -1.61. The first-order chi connectivity index (χ1) is 8.86. The van der Waals surface area contributed by atoms with Gasteiger partial charge < -0.3 is 10.3 Å². The Kier molecular flexibility index (Phi) is 3.15. The lowest BCUT2D eigenvalue weighted by molar-refractivity contribution is 0.742. The van der Waals surface area contributed by atoms with Crippen LogP contribution in [0, 0.1) is 0 Å². The summed E-state index contributed by atoms with van der Waals surface area (Å²) in [6, 6.07) is 8.75. The van der Waals surface area contributed by atoms with E-state index in [-0.39, 0.29) is 0 Å². The van der Waals surface area contributed by atoms with Crippen molar-refractivity contribution in [1.29, 1.82) is 0 Å². The monoisotopic (exact) mass is 241 g/mol. The summed E-state index contributed by atoms with van der Waals surface area (Å²) >= 11 is 0. The van der Waals surface area contributed by atoms with Crippen molar-refractivity contribution in [3.63, 3.8) is 0 Å². The third-order valence-electron chi connectivity index (χ3n) is 3.55. The third kappa shape index (κ3) is 2.46. The van der Waals surface area contributed by atoms with E-state index in [0.717, 1.165) is 18.9 Å². The molecular formula is C15H19N3. The SMILES string of the molecule is NCCc1ccc(Cn2cncc2C2CC2)cc1. The minimum Gasteiger partial charge on any atom is -0.330 e. The van der Waals surface area contributed by atoms with Crippen LogP contribution in [0.15, 0.2) is 36.8 Å². The number of rotatable bonds is 5. The highest BCUT2D eigenvalue weighted by molar-refractivity contribution is 5.24. The topological polar surface area (TPSA) is 43.8 Å².